The standard InChI is InChI=1S/C22H17FN2O3S/c1-28-17-10-8-16(9-11-17)24-20-19(18-3-2-12-29-18)21(26)25(22(20)27)13-14-4-6-15(23)7-5-14/h2-12,24H,13H2,1H3. The van der Waals surface area contributed by atoms with Gasteiger partial charge in [-0.05, 0) is 53.4 Å². The third-order valence-electron chi connectivity index (χ3n) is 4.55. The molecular formula is C22H17FN2O3S. The van der Waals surface area contributed by atoms with Gasteiger partial charge in [0.25, 0.3) is 11.8 Å². The summed E-state index contributed by atoms with van der Waals surface area (Å²) in [5.41, 5.74) is 1.90. The lowest BCUT2D eigenvalue weighted by Gasteiger charge is -2.15. The molecule has 0 saturated carbocycles. The first-order valence-electron chi connectivity index (χ1n) is 8.86. The second-order valence-electron chi connectivity index (χ2n) is 6.40. The molecule has 0 aliphatic carbocycles. The van der Waals surface area contributed by atoms with E-state index in [1.54, 1.807) is 43.5 Å². The van der Waals surface area contributed by atoms with Crippen molar-refractivity contribution in [2.24, 2.45) is 0 Å². The van der Waals surface area contributed by atoms with Gasteiger partial charge in [-0.15, -0.1) is 11.3 Å². The van der Waals surface area contributed by atoms with Crippen LogP contribution < -0.4 is 10.1 Å². The molecule has 1 aliphatic rings. The molecule has 7 heteroatoms. The Morgan fingerprint density at radius 2 is 1.72 bits per heavy atom. The van der Waals surface area contributed by atoms with Gasteiger partial charge in [-0.25, -0.2) is 4.39 Å². The number of nitrogens with zero attached hydrogens (tertiary/aromatic N) is 1. The lowest BCUT2D eigenvalue weighted by molar-refractivity contribution is -0.137. The van der Waals surface area contributed by atoms with Crippen molar-refractivity contribution in [3.63, 3.8) is 0 Å². The molecule has 1 aromatic heterocycles. The topological polar surface area (TPSA) is 58.6 Å². The minimum absolute atomic E-state index is 0.0701. The first kappa shape index (κ1) is 18.9. The van der Waals surface area contributed by atoms with Crippen LogP contribution in [0.25, 0.3) is 5.57 Å². The van der Waals surface area contributed by atoms with E-state index in [1.807, 2.05) is 17.5 Å². The summed E-state index contributed by atoms with van der Waals surface area (Å²) >= 11 is 1.39. The quantitative estimate of drug-likeness (QED) is 0.619. The highest BCUT2D eigenvalue weighted by Gasteiger charge is 2.39. The molecule has 0 atom stereocenters. The summed E-state index contributed by atoms with van der Waals surface area (Å²) < 4.78 is 18.3. The predicted octanol–water partition coefficient (Wildman–Crippen LogP) is 4.29. The number of thiophene rings is 1. The van der Waals surface area contributed by atoms with Crippen LogP contribution in [0.1, 0.15) is 10.4 Å². The largest absolute Gasteiger partial charge is 0.497 e. The van der Waals surface area contributed by atoms with Crippen molar-refractivity contribution in [1.82, 2.24) is 4.90 Å². The maximum atomic E-state index is 13.2. The molecule has 29 heavy (non-hydrogen) atoms. The minimum atomic E-state index is -0.418. The molecule has 0 bridgehead atoms. The van der Waals surface area contributed by atoms with Gasteiger partial charge in [0.05, 0.1) is 19.2 Å². The van der Waals surface area contributed by atoms with Gasteiger partial charge in [0, 0.05) is 10.6 Å². The summed E-state index contributed by atoms with van der Waals surface area (Å²) in [6, 6.07) is 16.5. The van der Waals surface area contributed by atoms with Crippen molar-refractivity contribution in [3.05, 3.63) is 88.0 Å². The number of hydrogen-bond acceptors (Lipinski definition) is 5. The molecule has 1 N–H and O–H groups in total. The van der Waals surface area contributed by atoms with Crippen molar-refractivity contribution >= 4 is 34.4 Å². The van der Waals surface area contributed by atoms with Gasteiger partial charge in [0.2, 0.25) is 0 Å². The van der Waals surface area contributed by atoms with Gasteiger partial charge in [0.1, 0.15) is 17.3 Å². The molecule has 2 amide bonds. The predicted molar refractivity (Wildman–Crippen MR) is 110 cm³/mol. The smallest absolute Gasteiger partial charge is 0.278 e. The second-order valence-corrected chi connectivity index (χ2v) is 7.35. The van der Waals surface area contributed by atoms with Crippen molar-refractivity contribution in [3.8, 4) is 5.75 Å². The van der Waals surface area contributed by atoms with Crippen molar-refractivity contribution < 1.29 is 18.7 Å². The Morgan fingerprint density at radius 1 is 1.00 bits per heavy atom. The fourth-order valence-electron chi connectivity index (χ4n) is 3.08. The van der Waals surface area contributed by atoms with Gasteiger partial charge < -0.3 is 10.1 Å². The van der Waals surface area contributed by atoms with Crippen LogP contribution in [-0.4, -0.2) is 23.8 Å². The number of hydrogen-bond donors (Lipinski definition) is 1. The Hall–Kier alpha value is -3.45. The van der Waals surface area contributed by atoms with E-state index in [4.69, 9.17) is 4.74 Å². The molecule has 5 nitrogen and oxygen atoms in total. The molecule has 1 aliphatic heterocycles. The number of carbonyl (C=O) groups is 2. The van der Waals surface area contributed by atoms with E-state index in [-0.39, 0.29) is 24.0 Å². The van der Waals surface area contributed by atoms with Gasteiger partial charge in [-0.1, -0.05) is 18.2 Å². The SMILES string of the molecule is COc1ccc(NC2=C(c3cccs3)C(=O)N(Cc3ccc(F)cc3)C2=O)cc1. The number of methoxy groups -OCH3 is 1. The monoisotopic (exact) mass is 408 g/mol. The van der Waals surface area contributed by atoms with Crippen molar-refractivity contribution in [2.75, 3.05) is 12.4 Å². The summed E-state index contributed by atoms with van der Waals surface area (Å²) in [4.78, 5) is 28.1. The maximum Gasteiger partial charge on any atom is 0.278 e. The zero-order valence-corrected chi connectivity index (χ0v) is 16.3. The highest BCUT2D eigenvalue weighted by atomic mass is 32.1. The first-order valence-corrected chi connectivity index (χ1v) is 9.74. The van der Waals surface area contributed by atoms with E-state index >= 15 is 0 Å². The summed E-state index contributed by atoms with van der Waals surface area (Å²) in [6.07, 6.45) is 0. The van der Waals surface area contributed by atoms with Gasteiger partial charge >= 0.3 is 0 Å². The molecule has 0 radical (unpaired) electrons. The van der Waals surface area contributed by atoms with E-state index in [1.165, 1.54) is 28.4 Å². The molecule has 0 unspecified atom stereocenters. The van der Waals surface area contributed by atoms with Crippen LogP contribution in [0, 0.1) is 5.82 Å². The zero-order valence-electron chi connectivity index (χ0n) is 15.5. The van der Waals surface area contributed by atoms with Gasteiger partial charge in [-0.2, -0.15) is 0 Å². The zero-order chi connectivity index (χ0) is 20.4. The summed E-state index contributed by atoms with van der Waals surface area (Å²) in [6.45, 7) is 0.0701. The number of carbonyl (C=O) groups excluding carboxylic acids is 2. The highest BCUT2D eigenvalue weighted by molar-refractivity contribution is 7.11. The van der Waals surface area contributed by atoms with Crippen LogP contribution in [0.4, 0.5) is 10.1 Å². The normalized spacial score (nSPS) is 13.9. The van der Waals surface area contributed by atoms with Crippen molar-refractivity contribution in [1.29, 1.82) is 0 Å². The highest BCUT2D eigenvalue weighted by Crippen LogP contribution is 2.33. The van der Waals surface area contributed by atoms with Crippen molar-refractivity contribution in [2.45, 2.75) is 6.54 Å². The van der Waals surface area contributed by atoms with Crippen LogP contribution in [0.5, 0.6) is 5.75 Å². The molecule has 2 heterocycles. The van der Waals surface area contributed by atoms with Crippen LogP contribution in [0.2, 0.25) is 0 Å². The van der Waals surface area contributed by atoms with Crippen LogP contribution in [0.15, 0.2) is 71.7 Å². The maximum absolute atomic E-state index is 13.2. The summed E-state index contributed by atoms with van der Waals surface area (Å²) in [5.74, 6) is -0.474. The number of anilines is 1. The summed E-state index contributed by atoms with van der Waals surface area (Å²) in [5, 5.41) is 4.95. The third kappa shape index (κ3) is 3.77. The van der Waals surface area contributed by atoms with E-state index in [2.05, 4.69) is 5.32 Å². The molecular weight excluding hydrogens is 391 g/mol. The molecule has 3 aromatic rings. The van der Waals surface area contributed by atoms with Gasteiger partial charge in [0.15, 0.2) is 0 Å². The average Bonchev–Trinajstić information content (AvgIpc) is 3.33. The Morgan fingerprint density at radius 3 is 2.34 bits per heavy atom. The Bertz CT molecular complexity index is 1070. The fourth-order valence-corrected chi connectivity index (χ4v) is 3.84. The Labute approximate surface area is 171 Å². The number of benzene rings is 2. The number of amides is 2. The summed E-state index contributed by atoms with van der Waals surface area (Å²) in [7, 11) is 1.58. The lowest BCUT2D eigenvalue weighted by Crippen LogP contribution is -2.31. The fraction of sp³-hybridized carbons (Fsp3) is 0.0909. The van der Waals surface area contributed by atoms with E-state index in [0.717, 1.165) is 0 Å². The number of ether oxygens (including phenoxy) is 1. The van der Waals surface area contributed by atoms with Crippen LogP contribution in [0.3, 0.4) is 0 Å². The molecule has 0 saturated heterocycles. The van der Waals surface area contributed by atoms with E-state index < -0.39 is 5.91 Å². The molecule has 0 fully saturated rings. The van der Waals surface area contributed by atoms with E-state index in [0.29, 0.717) is 27.5 Å². The van der Waals surface area contributed by atoms with Gasteiger partial charge in [-0.3, -0.25) is 14.5 Å². The Balaban J connectivity index is 1.67. The Kier molecular flexibility index (Phi) is 5.14. The number of nitrogens with one attached hydrogen (secondary N) is 1. The molecule has 146 valence electrons. The third-order valence-corrected chi connectivity index (χ3v) is 5.44. The van der Waals surface area contributed by atoms with Crippen LogP contribution >= 0.6 is 11.3 Å². The molecule has 0 spiro atoms. The number of rotatable bonds is 6. The average molecular weight is 408 g/mol. The second kappa shape index (κ2) is 7.89. The molecule has 4 rings (SSSR count). The lowest BCUT2D eigenvalue weighted by atomic mass is 10.1. The minimum Gasteiger partial charge on any atom is -0.497 e. The van der Waals surface area contributed by atoms with E-state index in [9.17, 15) is 14.0 Å². The van der Waals surface area contributed by atoms with Crippen LogP contribution in [-0.2, 0) is 16.1 Å². The molecule has 2 aromatic carbocycles. The number of imide groups is 1. The first-order chi connectivity index (χ1) is 14.1. The number of halogens is 1.